The molecule has 6 heteroatoms. The Kier molecular flexibility index (Phi) is 3.38. The van der Waals surface area contributed by atoms with Crippen LogP contribution in [0.15, 0.2) is 24.4 Å². The van der Waals surface area contributed by atoms with Crippen LogP contribution >= 0.6 is 0 Å². The van der Waals surface area contributed by atoms with Gasteiger partial charge in [0.25, 0.3) is 5.69 Å². The molecule has 0 aliphatic heterocycles. The molecule has 0 bridgehead atoms. The molecule has 2 aromatic rings. The van der Waals surface area contributed by atoms with E-state index in [9.17, 15) is 10.1 Å². The van der Waals surface area contributed by atoms with Gasteiger partial charge in [0, 0.05) is 29.8 Å². The Morgan fingerprint density at radius 3 is 2.94 bits per heavy atom. The molecular formula is C12H13N3O3. The zero-order valence-corrected chi connectivity index (χ0v) is 9.92. The molecule has 0 amide bonds. The summed E-state index contributed by atoms with van der Waals surface area (Å²) in [5, 5.41) is 11.5. The van der Waals surface area contributed by atoms with Gasteiger partial charge in [0.05, 0.1) is 10.4 Å². The maximum absolute atomic E-state index is 10.9. The number of fused-ring (bicyclic) bond motifs is 1. The van der Waals surface area contributed by atoms with Crippen molar-refractivity contribution in [2.24, 2.45) is 5.73 Å². The van der Waals surface area contributed by atoms with Crippen LogP contribution < -0.4 is 10.5 Å². The molecule has 0 atom stereocenters. The second-order valence-corrected chi connectivity index (χ2v) is 3.86. The van der Waals surface area contributed by atoms with Crippen molar-refractivity contribution in [1.82, 2.24) is 4.98 Å². The molecule has 0 unspecified atom stereocenters. The third-order valence-corrected chi connectivity index (χ3v) is 2.59. The first-order chi connectivity index (χ1) is 8.63. The van der Waals surface area contributed by atoms with Gasteiger partial charge >= 0.3 is 0 Å². The number of ether oxygens (including phenoxy) is 1. The molecule has 0 radical (unpaired) electrons. The first kappa shape index (κ1) is 12.3. The molecule has 1 aromatic heterocycles. The predicted molar refractivity (Wildman–Crippen MR) is 67.7 cm³/mol. The maximum atomic E-state index is 10.9. The van der Waals surface area contributed by atoms with E-state index in [1.165, 1.54) is 6.07 Å². The number of aryl methyl sites for hydroxylation is 1. The number of rotatable bonds is 4. The fourth-order valence-electron chi connectivity index (χ4n) is 1.75. The number of pyridine rings is 1. The Hall–Kier alpha value is -2.21. The summed E-state index contributed by atoms with van der Waals surface area (Å²) in [6.07, 6.45) is 1.61. The SMILES string of the molecule is Cc1cc2nccc(OCCN)c2cc1[N+](=O)[O-]. The minimum atomic E-state index is -0.408. The van der Waals surface area contributed by atoms with Crippen LogP contribution in [0.4, 0.5) is 5.69 Å². The van der Waals surface area contributed by atoms with Gasteiger partial charge in [0.15, 0.2) is 0 Å². The van der Waals surface area contributed by atoms with Crippen molar-refractivity contribution in [3.63, 3.8) is 0 Å². The molecule has 1 aromatic carbocycles. The van der Waals surface area contributed by atoms with Crippen molar-refractivity contribution < 1.29 is 9.66 Å². The lowest BCUT2D eigenvalue weighted by atomic mass is 10.1. The van der Waals surface area contributed by atoms with E-state index in [-0.39, 0.29) is 5.69 Å². The van der Waals surface area contributed by atoms with E-state index < -0.39 is 4.92 Å². The highest BCUT2D eigenvalue weighted by Crippen LogP contribution is 2.30. The number of nitrogens with zero attached hydrogens (tertiary/aromatic N) is 2. The summed E-state index contributed by atoms with van der Waals surface area (Å²) in [5.74, 6) is 0.563. The minimum absolute atomic E-state index is 0.0631. The molecule has 0 fully saturated rings. The standard InChI is InChI=1S/C12H13N3O3/c1-8-6-10-9(7-11(8)15(16)17)12(2-4-14-10)18-5-3-13/h2,4,6-7H,3,5,13H2,1H3. The van der Waals surface area contributed by atoms with Gasteiger partial charge in [-0.15, -0.1) is 0 Å². The second kappa shape index (κ2) is 4.97. The molecule has 6 nitrogen and oxygen atoms in total. The van der Waals surface area contributed by atoms with Crippen LogP contribution in [-0.2, 0) is 0 Å². The number of nitrogens with two attached hydrogens (primary N) is 1. The molecule has 18 heavy (non-hydrogen) atoms. The second-order valence-electron chi connectivity index (χ2n) is 3.86. The zero-order valence-electron chi connectivity index (χ0n) is 9.92. The largest absolute Gasteiger partial charge is 0.492 e. The molecule has 1 heterocycles. The van der Waals surface area contributed by atoms with E-state index in [4.69, 9.17) is 10.5 Å². The topological polar surface area (TPSA) is 91.3 Å². The average molecular weight is 247 g/mol. The average Bonchev–Trinajstić information content (AvgIpc) is 2.34. The van der Waals surface area contributed by atoms with E-state index in [0.29, 0.717) is 35.4 Å². The molecule has 0 saturated carbocycles. The Labute approximate surface area is 104 Å². The smallest absolute Gasteiger partial charge is 0.273 e. The van der Waals surface area contributed by atoms with Gasteiger partial charge in [0.2, 0.25) is 0 Å². The van der Waals surface area contributed by atoms with Crippen LogP contribution in [0.5, 0.6) is 5.75 Å². The van der Waals surface area contributed by atoms with Gasteiger partial charge in [-0.3, -0.25) is 15.1 Å². The highest BCUT2D eigenvalue weighted by Gasteiger charge is 2.14. The Bertz CT molecular complexity index is 598. The lowest BCUT2D eigenvalue weighted by Gasteiger charge is -2.08. The molecule has 0 saturated heterocycles. The van der Waals surface area contributed by atoms with Gasteiger partial charge in [0.1, 0.15) is 12.4 Å². The number of aromatic nitrogens is 1. The maximum Gasteiger partial charge on any atom is 0.273 e. The van der Waals surface area contributed by atoms with Crippen molar-refractivity contribution in [2.75, 3.05) is 13.2 Å². The fraction of sp³-hybridized carbons (Fsp3) is 0.250. The minimum Gasteiger partial charge on any atom is -0.492 e. The van der Waals surface area contributed by atoms with Crippen LogP contribution in [0.25, 0.3) is 10.9 Å². The quantitative estimate of drug-likeness (QED) is 0.656. The fourth-order valence-corrected chi connectivity index (χ4v) is 1.75. The summed E-state index contributed by atoms with van der Waals surface area (Å²) in [4.78, 5) is 14.7. The summed E-state index contributed by atoms with van der Waals surface area (Å²) in [5.41, 5.74) is 6.69. The van der Waals surface area contributed by atoms with Crippen LogP contribution in [-0.4, -0.2) is 23.1 Å². The van der Waals surface area contributed by atoms with Crippen LogP contribution in [0, 0.1) is 17.0 Å². The van der Waals surface area contributed by atoms with Gasteiger partial charge < -0.3 is 10.5 Å². The van der Waals surface area contributed by atoms with E-state index in [2.05, 4.69) is 4.98 Å². The zero-order chi connectivity index (χ0) is 13.1. The number of hydrogen-bond acceptors (Lipinski definition) is 5. The Morgan fingerprint density at radius 1 is 1.50 bits per heavy atom. The van der Waals surface area contributed by atoms with Gasteiger partial charge in [-0.05, 0) is 19.1 Å². The molecular weight excluding hydrogens is 234 g/mol. The van der Waals surface area contributed by atoms with Crippen molar-refractivity contribution >= 4 is 16.6 Å². The summed E-state index contributed by atoms with van der Waals surface area (Å²) in [6, 6.07) is 4.85. The molecule has 0 aliphatic rings. The van der Waals surface area contributed by atoms with Gasteiger partial charge in [-0.25, -0.2) is 0 Å². The molecule has 0 spiro atoms. The lowest BCUT2D eigenvalue weighted by molar-refractivity contribution is -0.385. The van der Waals surface area contributed by atoms with E-state index in [1.54, 1.807) is 25.3 Å². The van der Waals surface area contributed by atoms with Crippen LogP contribution in [0.2, 0.25) is 0 Å². The van der Waals surface area contributed by atoms with E-state index in [1.807, 2.05) is 0 Å². The van der Waals surface area contributed by atoms with Gasteiger partial charge in [-0.2, -0.15) is 0 Å². The first-order valence-electron chi connectivity index (χ1n) is 5.50. The summed E-state index contributed by atoms with van der Waals surface area (Å²) in [6.45, 7) is 2.44. The first-order valence-corrected chi connectivity index (χ1v) is 5.50. The van der Waals surface area contributed by atoms with Gasteiger partial charge in [-0.1, -0.05) is 0 Å². The van der Waals surface area contributed by atoms with Crippen molar-refractivity contribution in [1.29, 1.82) is 0 Å². The lowest BCUT2D eigenvalue weighted by Crippen LogP contribution is -2.10. The van der Waals surface area contributed by atoms with Crippen LogP contribution in [0.1, 0.15) is 5.56 Å². The number of nitro benzene ring substituents is 1. The summed E-state index contributed by atoms with van der Waals surface area (Å²) in [7, 11) is 0. The molecule has 0 aliphatic carbocycles. The number of benzene rings is 1. The highest BCUT2D eigenvalue weighted by molar-refractivity contribution is 5.87. The predicted octanol–water partition coefficient (Wildman–Crippen LogP) is 1.79. The molecule has 94 valence electrons. The Balaban J connectivity index is 2.59. The van der Waals surface area contributed by atoms with E-state index >= 15 is 0 Å². The molecule has 2 N–H and O–H groups in total. The van der Waals surface area contributed by atoms with E-state index in [0.717, 1.165) is 0 Å². The highest BCUT2D eigenvalue weighted by atomic mass is 16.6. The van der Waals surface area contributed by atoms with Crippen molar-refractivity contribution in [3.05, 3.63) is 40.1 Å². The third-order valence-electron chi connectivity index (χ3n) is 2.59. The third kappa shape index (κ3) is 2.23. The number of nitro groups is 1. The van der Waals surface area contributed by atoms with Crippen molar-refractivity contribution in [2.45, 2.75) is 6.92 Å². The Morgan fingerprint density at radius 2 is 2.28 bits per heavy atom. The van der Waals surface area contributed by atoms with Crippen LogP contribution in [0.3, 0.4) is 0 Å². The number of hydrogen-bond donors (Lipinski definition) is 1. The monoisotopic (exact) mass is 247 g/mol. The summed E-state index contributed by atoms with van der Waals surface area (Å²) < 4.78 is 5.46. The normalized spacial score (nSPS) is 10.6. The van der Waals surface area contributed by atoms with Crippen molar-refractivity contribution in [3.8, 4) is 5.75 Å². The summed E-state index contributed by atoms with van der Waals surface area (Å²) >= 11 is 0. The molecule has 2 rings (SSSR count).